The lowest BCUT2D eigenvalue weighted by atomic mass is 9.63. The minimum absolute atomic E-state index is 0.0612. The molecule has 7 nitrogen and oxygen atoms in total. The van der Waals surface area contributed by atoms with Crippen LogP contribution in [0.4, 0.5) is 0 Å². The highest BCUT2D eigenvalue weighted by Gasteiger charge is 2.49. The second-order valence-electron chi connectivity index (χ2n) is 11.0. The van der Waals surface area contributed by atoms with Crippen molar-refractivity contribution in [1.82, 2.24) is 21.4 Å². The molecule has 0 aromatic heterocycles. The average Bonchev–Trinajstić information content (AvgIpc) is 3.47. The fraction of sp³-hybridized carbons (Fsp3) is 0.957. The molecule has 4 N–H and O–H groups in total. The van der Waals surface area contributed by atoms with E-state index in [2.05, 4.69) is 35.3 Å². The summed E-state index contributed by atoms with van der Waals surface area (Å²) in [6.07, 6.45) is 9.49. The van der Waals surface area contributed by atoms with Gasteiger partial charge in [0.05, 0.1) is 32.0 Å². The van der Waals surface area contributed by atoms with Crippen molar-refractivity contribution in [2.45, 2.75) is 95.5 Å². The molecule has 7 heteroatoms. The molecule has 1 amide bonds. The van der Waals surface area contributed by atoms with Crippen LogP contribution in [0.2, 0.25) is 0 Å². The zero-order chi connectivity index (χ0) is 20.7. The molecular weight excluding hydrogens is 380 g/mol. The van der Waals surface area contributed by atoms with Gasteiger partial charge in [0, 0.05) is 23.5 Å². The van der Waals surface area contributed by atoms with Crippen molar-refractivity contribution >= 4 is 5.91 Å². The van der Waals surface area contributed by atoms with Gasteiger partial charge in [-0.3, -0.25) is 15.4 Å². The van der Waals surface area contributed by atoms with E-state index in [9.17, 15) is 4.79 Å². The van der Waals surface area contributed by atoms with Crippen LogP contribution < -0.4 is 21.4 Å². The van der Waals surface area contributed by atoms with Crippen molar-refractivity contribution in [3.63, 3.8) is 0 Å². The Morgan fingerprint density at radius 2 is 1.93 bits per heavy atom. The molecule has 5 fully saturated rings. The third-order valence-electron chi connectivity index (χ3n) is 8.40. The fourth-order valence-corrected chi connectivity index (χ4v) is 6.21. The molecule has 3 aliphatic heterocycles. The first-order valence-corrected chi connectivity index (χ1v) is 12.3. The first-order chi connectivity index (χ1) is 14.5. The Morgan fingerprint density at radius 1 is 1.10 bits per heavy atom. The van der Waals surface area contributed by atoms with E-state index in [1.54, 1.807) is 0 Å². The third kappa shape index (κ3) is 4.42. The molecule has 0 aromatic rings. The lowest BCUT2D eigenvalue weighted by molar-refractivity contribution is -0.164. The van der Waals surface area contributed by atoms with Crippen LogP contribution >= 0.6 is 0 Å². The smallest absolute Gasteiger partial charge is 0.237 e. The minimum atomic E-state index is -0.0612. The van der Waals surface area contributed by atoms with Gasteiger partial charge in [-0.2, -0.15) is 5.48 Å². The number of hydrogen-bond donors (Lipinski definition) is 4. The van der Waals surface area contributed by atoms with Gasteiger partial charge >= 0.3 is 0 Å². The summed E-state index contributed by atoms with van der Waals surface area (Å²) in [5.74, 6) is 2.09. The highest BCUT2D eigenvalue weighted by Crippen LogP contribution is 2.48. The average molecular weight is 421 g/mol. The van der Waals surface area contributed by atoms with E-state index in [-0.39, 0.29) is 17.4 Å². The van der Waals surface area contributed by atoms with E-state index in [4.69, 9.17) is 9.57 Å². The van der Waals surface area contributed by atoms with E-state index in [1.807, 2.05) is 0 Å². The second kappa shape index (κ2) is 8.66. The molecule has 3 heterocycles. The number of carbonyl (C=O) groups is 1. The van der Waals surface area contributed by atoms with Gasteiger partial charge in [-0.1, -0.05) is 13.3 Å². The Hall–Kier alpha value is -0.730. The molecular formula is C23H40N4O3. The lowest BCUT2D eigenvalue weighted by Crippen LogP contribution is -2.63. The van der Waals surface area contributed by atoms with Gasteiger partial charge in [-0.05, 0) is 69.6 Å². The topological polar surface area (TPSA) is 83.7 Å². The Balaban J connectivity index is 1.17. The van der Waals surface area contributed by atoms with Gasteiger partial charge in [0.2, 0.25) is 5.91 Å². The van der Waals surface area contributed by atoms with Crippen LogP contribution in [0.1, 0.15) is 65.2 Å². The van der Waals surface area contributed by atoms with Gasteiger partial charge in [0.15, 0.2) is 0 Å². The maximum Gasteiger partial charge on any atom is 0.237 e. The van der Waals surface area contributed by atoms with Crippen molar-refractivity contribution in [2.24, 2.45) is 23.2 Å². The number of nitrogens with one attached hydrogen (secondary N) is 4. The Bertz CT molecular complexity index is 624. The van der Waals surface area contributed by atoms with Crippen LogP contribution in [-0.2, 0) is 14.4 Å². The van der Waals surface area contributed by atoms with E-state index in [0.29, 0.717) is 42.0 Å². The minimum Gasteiger partial charge on any atom is -0.380 e. The van der Waals surface area contributed by atoms with E-state index in [0.717, 1.165) is 45.5 Å². The molecule has 7 atom stereocenters. The van der Waals surface area contributed by atoms with Crippen LogP contribution in [-0.4, -0.2) is 56.1 Å². The van der Waals surface area contributed by atoms with Crippen LogP contribution in [0.3, 0.4) is 0 Å². The first kappa shape index (κ1) is 21.1. The van der Waals surface area contributed by atoms with Gasteiger partial charge < -0.3 is 14.9 Å². The molecule has 0 spiro atoms. The number of carbonyl (C=O) groups excluding carboxylic acids is 1. The van der Waals surface area contributed by atoms with Crippen molar-refractivity contribution < 1.29 is 14.4 Å². The summed E-state index contributed by atoms with van der Waals surface area (Å²) in [7, 11) is 0. The quantitative estimate of drug-likeness (QED) is 0.523. The number of amides is 1. The summed E-state index contributed by atoms with van der Waals surface area (Å²) < 4.78 is 5.73. The third-order valence-corrected chi connectivity index (χ3v) is 8.40. The van der Waals surface area contributed by atoms with Gasteiger partial charge in [0.25, 0.3) is 0 Å². The summed E-state index contributed by atoms with van der Waals surface area (Å²) in [4.78, 5) is 18.6. The van der Waals surface area contributed by atoms with Crippen molar-refractivity contribution in [1.29, 1.82) is 0 Å². The highest BCUT2D eigenvalue weighted by molar-refractivity contribution is 5.82. The van der Waals surface area contributed by atoms with Crippen molar-refractivity contribution in [2.75, 3.05) is 19.8 Å². The molecule has 0 bridgehead atoms. The Kier molecular flexibility index (Phi) is 6.10. The molecule has 3 saturated heterocycles. The Labute approximate surface area is 180 Å². The number of ether oxygens (including phenoxy) is 1. The maximum atomic E-state index is 13.1. The number of rotatable bonds is 6. The lowest BCUT2D eigenvalue weighted by Gasteiger charge is -2.51. The summed E-state index contributed by atoms with van der Waals surface area (Å²) >= 11 is 0. The fourth-order valence-electron chi connectivity index (χ4n) is 6.21. The number of hydrogen-bond acceptors (Lipinski definition) is 6. The monoisotopic (exact) mass is 420 g/mol. The summed E-state index contributed by atoms with van der Waals surface area (Å²) in [5.41, 5.74) is 3.49. The van der Waals surface area contributed by atoms with Crippen molar-refractivity contribution in [3.8, 4) is 0 Å². The van der Waals surface area contributed by atoms with Crippen LogP contribution in [0.15, 0.2) is 0 Å². The van der Waals surface area contributed by atoms with E-state index >= 15 is 0 Å². The zero-order valence-electron chi connectivity index (χ0n) is 18.6. The first-order valence-electron chi connectivity index (χ1n) is 12.3. The second-order valence-corrected chi connectivity index (χ2v) is 11.0. The van der Waals surface area contributed by atoms with Crippen LogP contribution in [0, 0.1) is 23.2 Å². The predicted molar refractivity (Wildman–Crippen MR) is 114 cm³/mol. The van der Waals surface area contributed by atoms with Gasteiger partial charge in [-0.15, -0.1) is 0 Å². The molecule has 2 aliphatic carbocycles. The molecule has 170 valence electrons. The largest absolute Gasteiger partial charge is 0.380 e. The van der Waals surface area contributed by atoms with Gasteiger partial charge in [-0.25, -0.2) is 0 Å². The summed E-state index contributed by atoms with van der Waals surface area (Å²) in [5, 5.41) is 10.6. The predicted octanol–water partition coefficient (Wildman–Crippen LogP) is 1.68. The number of hydroxylamine groups is 1. The summed E-state index contributed by atoms with van der Waals surface area (Å²) in [6.45, 7) is 6.99. The standard InChI is InChI=1S/C23H40N4O3/c1-14-11-30-27-20(14)10-23(12-29-13-23)17-4-3-5-18(9-17)25-22(28)19-8-15(2)24-21(26-19)16-6-7-16/h14-21,24,26-27H,3-13H2,1-2H3,(H,25,28). The molecule has 0 radical (unpaired) electrons. The molecule has 0 aromatic carbocycles. The summed E-state index contributed by atoms with van der Waals surface area (Å²) in [6, 6.07) is 1.05. The van der Waals surface area contributed by atoms with Crippen molar-refractivity contribution in [3.05, 3.63) is 0 Å². The Morgan fingerprint density at radius 3 is 2.60 bits per heavy atom. The molecule has 2 saturated carbocycles. The SMILES string of the molecule is CC1CC(C(=O)NC2CCCC(C3(CC4NOCC4C)COC3)C2)NC(C2CC2)N1. The highest BCUT2D eigenvalue weighted by atomic mass is 16.7. The van der Waals surface area contributed by atoms with Gasteiger partial charge in [0.1, 0.15) is 0 Å². The van der Waals surface area contributed by atoms with Crippen LogP contribution in [0.25, 0.3) is 0 Å². The maximum absolute atomic E-state index is 13.1. The molecule has 5 aliphatic rings. The molecule has 7 unspecified atom stereocenters. The molecule has 5 rings (SSSR count). The normalized spacial score (nSPS) is 43.7. The van der Waals surface area contributed by atoms with E-state index in [1.165, 1.54) is 25.7 Å². The van der Waals surface area contributed by atoms with Crippen LogP contribution in [0.5, 0.6) is 0 Å². The van der Waals surface area contributed by atoms with E-state index < -0.39 is 0 Å². The molecule has 30 heavy (non-hydrogen) atoms. The zero-order valence-corrected chi connectivity index (χ0v) is 18.6.